The van der Waals surface area contributed by atoms with Crippen LogP contribution in [-0.4, -0.2) is 8.80 Å². The summed E-state index contributed by atoms with van der Waals surface area (Å²) in [7, 11) is -0.439. The lowest BCUT2D eigenvalue weighted by atomic mass is 9.94. The van der Waals surface area contributed by atoms with Gasteiger partial charge in [-0.2, -0.15) is 0 Å². The van der Waals surface area contributed by atoms with Gasteiger partial charge in [-0.05, 0) is 35.6 Å². The highest BCUT2D eigenvalue weighted by Crippen LogP contribution is 2.36. The van der Waals surface area contributed by atoms with Gasteiger partial charge in [0.15, 0.2) is 0 Å². The normalized spacial score (nSPS) is 23.6. The quantitative estimate of drug-likeness (QED) is 0.595. The van der Waals surface area contributed by atoms with Crippen molar-refractivity contribution < 1.29 is 0 Å². The molecular weight excluding hydrogens is 208 g/mol. The van der Waals surface area contributed by atoms with E-state index in [1.165, 1.54) is 17.5 Å². The molecule has 0 saturated carbocycles. The van der Waals surface area contributed by atoms with Crippen LogP contribution in [0.3, 0.4) is 0 Å². The first-order chi connectivity index (χ1) is 7.66. The summed E-state index contributed by atoms with van der Waals surface area (Å²) < 4.78 is 0. The van der Waals surface area contributed by atoms with Crippen LogP contribution in [0, 0.1) is 12.8 Å². The molecule has 1 radical (unpaired) electrons. The van der Waals surface area contributed by atoms with Gasteiger partial charge in [-0.15, -0.1) is 0 Å². The fourth-order valence-corrected chi connectivity index (χ4v) is 5.48. The Kier molecular flexibility index (Phi) is 2.18. The van der Waals surface area contributed by atoms with Crippen molar-refractivity contribution >= 4 is 19.6 Å². The fraction of sp³-hybridized carbons (Fsp3) is 0.333. The van der Waals surface area contributed by atoms with Crippen molar-refractivity contribution in [3.63, 3.8) is 0 Å². The highest BCUT2D eigenvalue weighted by atomic mass is 28.3. The largest absolute Gasteiger partial charge is 0.114 e. The summed E-state index contributed by atoms with van der Waals surface area (Å²) in [4.78, 5) is 0. The van der Waals surface area contributed by atoms with Crippen LogP contribution in [0.1, 0.15) is 24.5 Å². The topological polar surface area (TPSA) is 0 Å². The van der Waals surface area contributed by atoms with E-state index in [-0.39, 0.29) is 0 Å². The number of hydrogen-bond acceptors (Lipinski definition) is 0. The third-order valence-corrected chi connectivity index (χ3v) is 6.37. The first kappa shape index (κ1) is 10.1. The zero-order chi connectivity index (χ0) is 11.3. The van der Waals surface area contributed by atoms with Crippen molar-refractivity contribution in [3.05, 3.63) is 46.7 Å². The molecule has 0 spiro atoms. The number of hydrogen-bond donors (Lipinski definition) is 0. The van der Waals surface area contributed by atoms with Gasteiger partial charge >= 0.3 is 0 Å². The minimum Gasteiger partial charge on any atom is -0.0808 e. The highest BCUT2D eigenvalue weighted by Gasteiger charge is 2.30. The van der Waals surface area contributed by atoms with Crippen LogP contribution in [0.25, 0.3) is 5.57 Å². The van der Waals surface area contributed by atoms with Gasteiger partial charge in [-0.25, -0.2) is 0 Å². The molecule has 2 aliphatic rings. The molecule has 1 aromatic rings. The van der Waals surface area contributed by atoms with Crippen molar-refractivity contribution in [2.45, 2.75) is 26.8 Å². The van der Waals surface area contributed by atoms with E-state index in [4.69, 9.17) is 0 Å². The van der Waals surface area contributed by atoms with Crippen molar-refractivity contribution in [2.75, 3.05) is 0 Å². The Morgan fingerprint density at radius 3 is 2.94 bits per heavy atom. The number of allylic oxidation sites excluding steroid dienone is 4. The molecule has 1 aromatic carbocycles. The van der Waals surface area contributed by atoms with Crippen molar-refractivity contribution in [3.8, 4) is 0 Å². The first-order valence-electron chi connectivity index (χ1n) is 6.03. The molecule has 3 rings (SSSR count). The monoisotopic (exact) mass is 225 g/mol. The molecule has 0 N–H and O–H groups in total. The Hall–Kier alpha value is -1.08. The van der Waals surface area contributed by atoms with Gasteiger partial charge in [0, 0.05) is 0 Å². The third-order valence-electron chi connectivity index (χ3n) is 3.76. The Bertz CT molecular complexity index is 508. The summed E-state index contributed by atoms with van der Waals surface area (Å²) in [5.41, 5.74) is 4.46. The Morgan fingerprint density at radius 2 is 2.12 bits per heavy atom. The van der Waals surface area contributed by atoms with E-state index < -0.39 is 8.80 Å². The summed E-state index contributed by atoms with van der Waals surface area (Å²) in [5.74, 6) is 0.731. The Labute approximate surface area is 99.3 Å². The van der Waals surface area contributed by atoms with E-state index in [1.807, 2.05) is 0 Å². The maximum Gasteiger partial charge on any atom is 0.114 e. The van der Waals surface area contributed by atoms with Crippen LogP contribution in [0.5, 0.6) is 0 Å². The molecule has 1 heteroatoms. The van der Waals surface area contributed by atoms with Crippen LogP contribution in [0.15, 0.2) is 35.5 Å². The van der Waals surface area contributed by atoms with E-state index in [9.17, 15) is 0 Å². The van der Waals surface area contributed by atoms with Crippen LogP contribution in [0.4, 0.5) is 0 Å². The molecule has 1 atom stereocenters. The summed E-state index contributed by atoms with van der Waals surface area (Å²) in [6, 6.07) is 6.97. The van der Waals surface area contributed by atoms with Crippen LogP contribution in [-0.2, 0) is 0 Å². The van der Waals surface area contributed by atoms with E-state index in [1.54, 1.807) is 16.0 Å². The Balaban J connectivity index is 2.15. The first-order valence-corrected chi connectivity index (χ1v) is 8.03. The molecule has 0 bridgehead atoms. The summed E-state index contributed by atoms with van der Waals surface area (Å²) in [5, 5.41) is 3.38. The third kappa shape index (κ3) is 1.35. The molecule has 1 aliphatic heterocycles. The van der Waals surface area contributed by atoms with Gasteiger partial charge in [0.1, 0.15) is 8.80 Å². The average molecular weight is 225 g/mol. The number of benzene rings is 1. The lowest BCUT2D eigenvalue weighted by Crippen LogP contribution is -2.27. The lowest BCUT2D eigenvalue weighted by molar-refractivity contribution is 0.729. The van der Waals surface area contributed by atoms with Crippen molar-refractivity contribution in [2.24, 2.45) is 5.92 Å². The summed E-state index contributed by atoms with van der Waals surface area (Å²) in [6.07, 6.45) is 6.01. The smallest absolute Gasteiger partial charge is 0.0808 e. The molecule has 1 heterocycles. The van der Waals surface area contributed by atoms with Gasteiger partial charge in [0.2, 0.25) is 0 Å². The second-order valence-corrected chi connectivity index (χ2v) is 7.50. The van der Waals surface area contributed by atoms with Crippen LogP contribution in [0.2, 0.25) is 6.55 Å². The molecule has 1 aliphatic carbocycles. The molecule has 0 fully saturated rings. The maximum atomic E-state index is 2.46. The maximum absolute atomic E-state index is 2.46. The summed E-state index contributed by atoms with van der Waals surface area (Å²) >= 11 is 0. The lowest BCUT2D eigenvalue weighted by Gasteiger charge is -2.17. The fourth-order valence-electron chi connectivity index (χ4n) is 2.83. The molecule has 1 unspecified atom stereocenters. The van der Waals surface area contributed by atoms with Crippen molar-refractivity contribution in [1.29, 1.82) is 0 Å². The van der Waals surface area contributed by atoms with E-state index >= 15 is 0 Å². The zero-order valence-electron chi connectivity index (χ0n) is 10.2. The zero-order valence-corrected chi connectivity index (χ0v) is 11.2. The van der Waals surface area contributed by atoms with Crippen LogP contribution < -0.4 is 5.19 Å². The molecule has 0 aromatic heterocycles. The van der Waals surface area contributed by atoms with E-state index in [2.05, 4.69) is 50.7 Å². The second kappa shape index (κ2) is 3.46. The SMILES string of the molecule is Cc1ccc2c(c1)[Si](C)C1=C2C=CC(C)C1. The van der Waals surface area contributed by atoms with Crippen molar-refractivity contribution in [1.82, 2.24) is 0 Å². The van der Waals surface area contributed by atoms with Gasteiger partial charge in [-0.3, -0.25) is 0 Å². The molecule has 81 valence electrons. The molecule has 0 amide bonds. The minimum absolute atomic E-state index is 0.439. The summed E-state index contributed by atoms with van der Waals surface area (Å²) in [6.45, 7) is 6.98. The van der Waals surface area contributed by atoms with Gasteiger partial charge in [-0.1, -0.05) is 54.6 Å². The predicted octanol–water partition coefficient (Wildman–Crippen LogP) is 3.23. The van der Waals surface area contributed by atoms with E-state index in [0.29, 0.717) is 0 Å². The highest BCUT2D eigenvalue weighted by molar-refractivity contribution is 6.82. The Morgan fingerprint density at radius 1 is 1.31 bits per heavy atom. The van der Waals surface area contributed by atoms with E-state index in [0.717, 1.165) is 5.92 Å². The number of aryl methyl sites for hydroxylation is 1. The minimum atomic E-state index is -0.439. The molecule has 16 heavy (non-hydrogen) atoms. The number of rotatable bonds is 0. The van der Waals surface area contributed by atoms with Gasteiger partial charge in [0.25, 0.3) is 0 Å². The second-order valence-electron chi connectivity index (χ2n) is 5.11. The molecule has 0 nitrogen and oxygen atoms in total. The predicted molar refractivity (Wildman–Crippen MR) is 72.3 cm³/mol. The standard InChI is InChI=1S/C15H17Si/c1-10-4-6-12-13-7-5-11(2)9-15(13)16(3)14(12)8-10/h4-8,11H,9H2,1-3H3. The molecule has 0 saturated heterocycles. The van der Waals surface area contributed by atoms with Gasteiger partial charge < -0.3 is 0 Å². The molecular formula is C15H17Si. The number of fused-ring (bicyclic) bond motifs is 2. The van der Waals surface area contributed by atoms with Crippen LogP contribution >= 0.6 is 0 Å². The average Bonchev–Trinajstić information content (AvgIpc) is 2.53. The van der Waals surface area contributed by atoms with Gasteiger partial charge in [0.05, 0.1) is 0 Å².